The molecule has 0 aliphatic carbocycles. The number of piperidine rings is 1. The summed E-state index contributed by atoms with van der Waals surface area (Å²) in [5, 5.41) is 4.17. The molecular formula is C28H28N4O3. The lowest BCUT2D eigenvalue weighted by Gasteiger charge is -2.31. The van der Waals surface area contributed by atoms with E-state index in [0.29, 0.717) is 23.0 Å². The highest BCUT2D eigenvalue weighted by atomic mass is 16.2. The number of hydrogen-bond acceptors (Lipinski definition) is 4. The van der Waals surface area contributed by atoms with Gasteiger partial charge in [-0.3, -0.25) is 19.3 Å². The molecule has 2 amide bonds. The van der Waals surface area contributed by atoms with E-state index < -0.39 is 0 Å². The third-order valence-electron chi connectivity index (χ3n) is 6.73. The van der Waals surface area contributed by atoms with Crippen molar-refractivity contribution in [1.29, 1.82) is 0 Å². The van der Waals surface area contributed by atoms with Crippen molar-refractivity contribution in [3.8, 4) is 0 Å². The van der Waals surface area contributed by atoms with Crippen LogP contribution in [0, 0.1) is 5.92 Å². The number of nitrogens with one attached hydrogen (secondary N) is 1. The van der Waals surface area contributed by atoms with Crippen LogP contribution in [0.2, 0.25) is 0 Å². The van der Waals surface area contributed by atoms with Gasteiger partial charge in [0.1, 0.15) is 6.54 Å². The number of para-hydroxylation sites is 2. The van der Waals surface area contributed by atoms with Gasteiger partial charge in [-0.15, -0.1) is 0 Å². The predicted octanol–water partition coefficient (Wildman–Crippen LogP) is 3.49. The topological polar surface area (TPSA) is 97.4 Å². The van der Waals surface area contributed by atoms with Crippen LogP contribution in [0.25, 0.3) is 21.8 Å². The highest BCUT2D eigenvalue weighted by Gasteiger charge is 2.23. The minimum Gasteiger partial charge on any atom is -0.369 e. The van der Waals surface area contributed by atoms with Gasteiger partial charge in [0.05, 0.1) is 17.0 Å². The van der Waals surface area contributed by atoms with E-state index >= 15 is 0 Å². The van der Waals surface area contributed by atoms with Gasteiger partial charge in [-0.05, 0) is 61.3 Å². The Hall–Kier alpha value is -3.97. The summed E-state index contributed by atoms with van der Waals surface area (Å²) in [4.78, 5) is 39.7. The lowest BCUT2D eigenvalue weighted by atomic mass is 9.97. The van der Waals surface area contributed by atoms with Crippen LogP contribution in [0.5, 0.6) is 0 Å². The average molecular weight is 469 g/mol. The predicted molar refractivity (Wildman–Crippen MR) is 138 cm³/mol. The quantitative estimate of drug-likeness (QED) is 0.423. The molecule has 5 rings (SSSR count). The molecule has 3 N–H and O–H groups in total. The number of rotatable bonds is 6. The fourth-order valence-corrected chi connectivity index (χ4v) is 4.97. The molecule has 178 valence electrons. The smallest absolute Gasteiger partial charge is 0.244 e. The maximum Gasteiger partial charge on any atom is 0.244 e. The van der Waals surface area contributed by atoms with Crippen LogP contribution < -0.4 is 16.5 Å². The average Bonchev–Trinajstić information content (AvgIpc) is 2.88. The van der Waals surface area contributed by atoms with Crippen LogP contribution in [0.3, 0.4) is 0 Å². The number of aromatic nitrogens is 1. The van der Waals surface area contributed by atoms with Crippen LogP contribution in [0.1, 0.15) is 18.4 Å². The van der Waals surface area contributed by atoms with E-state index in [0.717, 1.165) is 42.5 Å². The number of carbonyl (C=O) groups excluding carboxylic acids is 2. The van der Waals surface area contributed by atoms with E-state index in [-0.39, 0.29) is 29.7 Å². The summed E-state index contributed by atoms with van der Waals surface area (Å²) in [6, 6.07) is 22.5. The van der Waals surface area contributed by atoms with Crippen LogP contribution in [0.4, 0.5) is 5.69 Å². The molecule has 1 aliphatic heterocycles. The van der Waals surface area contributed by atoms with Crippen molar-refractivity contribution in [2.24, 2.45) is 11.7 Å². The molecule has 4 aromatic rings. The normalized spacial score (nSPS) is 16.4. The van der Waals surface area contributed by atoms with Gasteiger partial charge in [-0.25, -0.2) is 0 Å². The van der Waals surface area contributed by atoms with E-state index in [9.17, 15) is 14.4 Å². The SMILES string of the molecule is NC(=O)C1CCCN(Cc2ccc(NC(=O)Cn3c4ccccc4c(=O)c4ccccc43)cc2)C1. The zero-order chi connectivity index (χ0) is 24.4. The molecule has 0 saturated carbocycles. The molecule has 0 spiro atoms. The number of pyridine rings is 1. The second-order valence-corrected chi connectivity index (χ2v) is 9.17. The van der Waals surface area contributed by atoms with E-state index in [2.05, 4.69) is 10.2 Å². The molecule has 1 fully saturated rings. The summed E-state index contributed by atoms with van der Waals surface area (Å²) in [6.45, 7) is 2.47. The summed E-state index contributed by atoms with van der Waals surface area (Å²) >= 11 is 0. The number of anilines is 1. The van der Waals surface area contributed by atoms with Gasteiger partial charge in [0.15, 0.2) is 5.43 Å². The Morgan fingerprint density at radius 3 is 2.17 bits per heavy atom. The number of nitrogens with zero attached hydrogens (tertiary/aromatic N) is 2. The highest BCUT2D eigenvalue weighted by Crippen LogP contribution is 2.21. The number of nitrogens with two attached hydrogens (primary N) is 1. The molecule has 0 bridgehead atoms. The van der Waals surface area contributed by atoms with Gasteiger partial charge < -0.3 is 15.6 Å². The number of likely N-dealkylation sites (tertiary alicyclic amines) is 1. The molecule has 0 radical (unpaired) electrons. The fourth-order valence-electron chi connectivity index (χ4n) is 4.97. The van der Waals surface area contributed by atoms with Gasteiger partial charge in [-0.1, -0.05) is 36.4 Å². The number of hydrogen-bond donors (Lipinski definition) is 2. The van der Waals surface area contributed by atoms with E-state index in [1.165, 1.54) is 0 Å². The zero-order valence-electron chi connectivity index (χ0n) is 19.4. The van der Waals surface area contributed by atoms with Gasteiger partial charge in [0.2, 0.25) is 11.8 Å². The lowest BCUT2D eigenvalue weighted by Crippen LogP contribution is -2.40. The van der Waals surface area contributed by atoms with E-state index in [4.69, 9.17) is 5.73 Å². The molecule has 1 aromatic heterocycles. The third kappa shape index (κ3) is 4.81. The monoisotopic (exact) mass is 468 g/mol. The van der Waals surface area contributed by atoms with Crippen molar-refractivity contribution in [3.05, 3.63) is 88.6 Å². The van der Waals surface area contributed by atoms with Crippen LogP contribution in [-0.2, 0) is 22.7 Å². The molecule has 35 heavy (non-hydrogen) atoms. The number of carbonyl (C=O) groups is 2. The van der Waals surface area contributed by atoms with Crippen molar-refractivity contribution < 1.29 is 9.59 Å². The first kappa shape index (κ1) is 22.8. The summed E-state index contributed by atoms with van der Waals surface area (Å²) in [7, 11) is 0. The number of benzene rings is 3. The summed E-state index contributed by atoms with van der Waals surface area (Å²) < 4.78 is 1.89. The standard InChI is InChI=1S/C28H28N4O3/c29-28(35)20-6-5-15-31(17-20)16-19-11-13-21(14-12-19)30-26(33)18-32-24-9-3-1-7-22(24)27(34)23-8-2-4-10-25(23)32/h1-4,7-14,20H,5-6,15-18H2,(H2,29,35)(H,30,33). The van der Waals surface area contributed by atoms with Gasteiger partial charge in [-0.2, -0.15) is 0 Å². The van der Waals surface area contributed by atoms with Crippen LogP contribution >= 0.6 is 0 Å². The molecule has 1 atom stereocenters. The van der Waals surface area contributed by atoms with E-state index in [1.807, 2.05) is 65.2 Å². The second-order valence-electron chi connectivity index (χ2n) is 9.17. The molecule has 2 heterocycles. The lowest BCUT2D eigenvalue weighted by molar-refractivity contribution is -0.123. The fraction of sp³-hybridized carbons (Fsp3) is 0.250. The largest absolute Gasteiger partial charge is 0.369 e. The Morgan fingerprint density at radius 1 is 0.914 bits per heavy atom. The van der Waals surface area contributed by atoms with E-state index in [1.54, 1.807) is 12.1 Å². The first-order valence-electron chi connectivity index (χ1n) is 11.9. The number of primary amides is 1. The van der Waals surface area contributed by atoms with Crippen molar-refractivity contribution in [3.63, 3.8) is 0 Å². The second kappa shape index (κ2) is 9.72. The number of fused-ring (bicyclic) bond motifs is 2. The minimum atomic E-state index is -0.226. The maximum atomic E-state index is 13.0. The van der Waals surface area contributed by atoms with Crippen LogP contribution in [0.15, 0.2) is 77.6 Å². The molecule has 7 heteroatoms. The summed E-state index contributed by atoms with van der Waals surface area (Å²) in [6.07, 6.45) is 1.83. The van der Waals surface area contributed by atoms with Crippen LogP contribution in [-0.4, -0.2) is 34.4 Å². The molecule has 1 saturated heterocycles. The third-order valence-corrected chi connectivity index (χ3v) is 6.73. The van der Waals surface area contributed by atoms with Crippen molar-refractivity contribution >= 4 is 39.3 Å². The Labute approximate surface area is 203 Å². The van der Waals surface area contributed by atoms with Crippen molar-refractivity contribution in [2.75, 3.05) is 18.4 Å². The summed E-state index contributed by atoms with van der Waals surface area (Å²) in [5.74, 6) is -0.476. The Balaban J connectivity index is 1.31. The van der Waals surface area contributed by atoms with Crippen molar-refractivity contribution in [2.45, 2.75) is 25.9 Å². The first-order valence-corrected chi connectivity index (χ1v) is 11.9. The molecule has 1 unspecified atom stereocenters. The summed E-state index contributed by atoms with van der Waals surface area (Å²) in [5.41, 5.74) is 8.76. The number of amides is 2. The first-order chi connectivity index (χ1) is 17.0. The Kier molecular flexibility index (Phi) is 6.33. The van der Waals surface area contributed by atoms with Crippen molar-refractivity contribution in [1.82, 2.24) is 9.47 Å². The van der Waals surface area contributed by atoms with Gasteiger partial charge >= 0.3 is 0 Å². The highest BCUT2D eigenvalue weighted by molar-refractivity contribution is 5.97. The molecule has 1 aliphatic rings. The molecule has 7 nitrogen and oxygen atoms in total. The maximum absolute atomic E-state index is 13.0. The molecular weight excluding hydrogens is 440 g/mol. The Bertz CT molecular complexity index is 1400. The zero-order valence-corrected chi connectivity index (χ0v) is 19.4. The Morgan fingerprint density at radius 2 is 1.54 bits per heavy atom. The molecule has 3 aromatic carbocycles. The van der Waals surface area contributed by atoms with Gasteiger partial charge in [0.25, 0.3) is 0 Å². The van der Waals surface area contributed by atoms with Gasteiger partial charge in [0, 0.05) is 29.5 Å². The minimum absolute atomic E-state index is 0.0284.